The highest BCUT2D eigenvalue weighted by Crippen LogP contribution is 2.21. The molecule has 1 aliphatic rings. The number of hydrogen-bond acceptors (Lipinski definition) is 9. The van der Waals surface area contributed by atoms with Gasteiger partial charge in [0, 0.05) is 25.9 Å². The number of nitrogens with zero attached hydrogens (tertiary/aromatic N) is 1. The summed E-state index contributed by atoms with van der Waals surface area (Å²) < 4.78 is 31.7. The van der Waals surface area contributed by atoms with Gasteiger partial charge < -0.3 is 48.3 Å². The lowest BCUT2D eigenvalue weighted by Crippen LogP contribution is -2.60. The number of carbonyl (C=O) groups excluding carboxylic acids is 4. The lowest BCUT2D eigenvalue weighted by molar-refractivity contribution is -0.192. The number of unbranched alkanes of at least 4 members (excludes halogenated alkanes) is 1. The van der Waals surface area contributed by atoms with Crippen LogP contribution in [0, 0.1) is 12.3 Å². The Hall–Kier alpha value is -5.51. The molecule has 1 fully saturated rings. The van der Waals surface area contributed by atoms with Gasteiger partial charge in [-0.05, 0) is 56.2 Å². The van der Waals surface area contributed by atoms with Gasteiger partial charge in [0.05, 0.1) is 6.04 Å². The molecule has 0 radical (unpaired) electrons. The molecule has 300 valence electrons. The Morgan fingerprint density at radius 3 is 1.75 bits per heavy atom. The summed E-state index contributed by atoms with van der Waals surface area (Å²) in [6, 6.07) is 14.1. The molecule has 1 saturated heterocycles. The van der Waals surface area contributed by atoms with E-state index in [9.17, 15) is 42.3 Å². The van der Waals surface area contributed by atoms with Gasteiger partial charge in [0.25, 0.3) is 0 Å². The van der Waals surface area contributed by atoms with Gasteiger partial charge in [0.1, 0.15) is 23.7 Å². The summed E-state index contributed by atoms with van der Waals surface area (Å²) in [4.78, 5) is 75.9. The van der Waals surface area contributed by atoms with Crippen LogP contribution in [-0.4, -0.2) is 106 Å². The summed E-state index contributed by atoms with van der Waals surface area (Å²) in [7, 11) is 0. The Bertz CT molecular complexity index is 1630. The molecule has 3 rings (SSSR count). The quantitative estimate of drug-likeness (QED) is 0.0808. The fraction of sp³-hybridized carbons (Fsp3) is 0.459. The first-order chi connectivity index (χ1) is 25.9. The molecule has 18 heteroatoms. The van der Waals surface area contributed by atoms with Gasteiger partial charge >= 0.3 is 18.1 Å². The van der Waals surface area contributed by atoms with Gasteiger partial charge in [-0.15, -0.1) is 12.3 Å². The minimum absolute atomic E-state index is 0.0663. The Labute approximate surface area is 316 Å². The number of terminal acetylenes is 1. The maximum absolute atomic E-state index is 13.7. The van der Waals surface area contributed by atoms with Crippen molar-refractivity contribution in [1.82, 2.24) is 20.9 Å². The van der Waals surface area contributed by atoms with Crippen LogP contribution in [-0.2, 0) is 41.6 Å². The number of carboxylic acid groups (broad SMARTS) is 2. The SMILES string of the molecule is C#CC[C@@H](NC(=O)[C@@H](Cc1ccccc1)NC(=O)[C@H](N)Cc1ccccc1)C(=O)N[C@H](CCCCN)C(=O)N1CCC(N)(C(=O)O)CC1.O=C(O)C(F)(F)F. The van der Waals surface area contributed by atoms with Gasteiger partial charge in [0.2, 0.25) is 23.6 Å². The molecule has 0 spiro atoms. The third-order valence-electron chi connectivity index (χ3n) is 8.70. The first-order valence-electron chi connectivity index (χ1n) is 17.4. The highest BCUT2D eigenvalue weighted by Gasteiger charge is 2.41. The Morgan fingerprint density at radius 1 is 0.800 bits per heavy atom. The van der Waals surface area contributed by atoms with Crippen LogP contribution in [0.4, 0.5) is 13.2 Å². The summed E-state index contributed by atoms with van der Waals surface area (Å²) in [6.45, 7) is 0.623. The van der Waals surface area contributed by atoms with Crippen LogP contribution in [0.15, 0.2) is 60.7 Å². The number of carboxylic acids is 2. The molecule has 4 atom stereocenters. The van der Waals surface area contributed by atoms with Gasteiger partial charge in [-0.2, -0.15) is 13.2 Å². The smallest absolute Gasteiger partial charge is 0.480 e. The number of rotatable bonds is 17. The average molecular weight is 776 g/mol. The predicted molar refractivity (Wildman–Crippen MR) is 194 cm³/mol. The van der Waals surface area contributed by atoms with Crippen LogP contribution in [0.2, 0.25) is 0 Å². The number of nitrogens with two attached hydrogens (primary N) is 3. The van der Waals surface area contributed by atoms with Crippen molar-refractivity contribution in [2.75, 3.05) is 19.6 Å². The minimum atomic E-state index is -5.08. The van der Waals surface area contributed by atoms with Crippen LogP contribution < -0.4 is 33.2 Å². The number of aliphatic carboxylic acids is 2. The highest BCUT2D eigenvalue weighted by molar-refractivity contribution is 5.95. The number of likely N-dealkylation sites (tertiary alicyclic amines) is 1. The molecule has 4 amide bonds. The van der Waals surface area contributed by atoms with Crippen molar-refractivity contribution in [2.24, 2.45) is 17.2 Å². The number of hydrogen-bond donors (Lipinski definition) is 8. The maximum atomic E-state index is 13.7. The van der Waals surface area contributed by atoms with Crippen molar-refractivity contribution in [2.45, 2.75) is 87.2 Å². The largest absolute Gasteiger partial charge is 0.490 e. The van der Waals surface area contributed by atoms with E-state index in [1.165, 1.54) is 4.90 Å². The average Bonchev–Trinajstić information content (AvgIpc) is 3.14. The van der Waals surface area contributed by atoms with Crippen LogP contribution in [0.1, 0.15) is 49.7 Å². The normalized spacial score (nSPS) is 15.7. The molecule has 0 unspecified atom stereocenters. The number of carbonyl (C=O) groups is 6. The second-order valence-corrected chi connectivity index (χ2v) is 13.0. The molecule has 11 N–H and O–H groups in total. The first kappa shape index (κ1) is 45.6. The summed E-state index contributed by atoms with van der Waals surface area (Å²) in [5, 5.41) is 24.7. The van der Waals surface area contributed by atoms with Crippen LogP contribution in [0.25, 0.3) is 0 Å². The van der Waals surface area contributed by atoms with Gasteiger partial charge in [0.15, 0.2) is 0 Å². The van der Waals surface area contributed by atoms with E-state index >= 15 is 0 Å². The zero-order valence-corrected chi connectivity index (χ0v) is 30.1. The molecule has 2 aromatic carbocycles. The monoisotopic (exact) mass is 775 g/mol. The highest BCUT2D eigenvalue weighted by atomic mass is 19.4. The van der Waals surface area contributed by atoms with E-state index in [-0.39, 0.29) is 57.5 Å². The van der Waals surface area contributed by atoms with Crippen molar-refractivity contribution in [3.8, 4) is 12.3 Å². The van der Waals surface area contributed by atoms with Crippen LogP contribution >= 0.6 is 0 Å². The zero-order valence-electron chi connectivity index (χ0n) is 30.1. The molecule has 0 saturated carbocycles. The molecule has 2 aromatic rings. The van der Waals surface area contributed by atoms with Gasteiger partial charge in [-0.3, -0.25) is 24.0 Å². The minimum Gasteiger partial charge on any atom is -0.480 e. The van der Waals surface area contributed by atoms with E-state index in [4.69, 9.17) is 33.5 Å². The van der Waals surface area contributed by atoms with E-state index in [0.717, 1.165) is 11.1 Å². The predicted octanol–water partition coefficient (Wildman–Crippen LogP) is 0.444. The van der Waals surface area contributed by atoms with Crippen molar-refractivity contribution in [3.05, 3.63) is 71.8 Å². The topological polar surface area (TPSA) is 260 Å². The van der Waals surface area contributed by atoms with Gasteiger partial charge in [-0.1, -0.05) is 60.7 Å². The number of halogens is 3. The van der Waals surface area contributed by atoms with Crippen molar-refractivity contribution >= 4 is 35.6 Å². The van der Waals surface area contributed by atoms with Crippen LogP contribution in [0.3, 0.4) is 0 Å². The van der Waals surface area contributed by atoms with E-state index in [2.05, 4.69) is 21.9 Å². The molecular formula is C37H48F3N7O8. The third-order valence-corrected chi connectivity index (χ3v) is 8.70. The summed E-state index contributed by atoms with van der Waals surface area (Å²) >= 11 is 0. The molecule has 0 bridgehead atoms. The summed E-state index contributed by atoms with van der Waals surface area (Å²) in [5.41, 5.74) is 18.0. The van der Waals surface area contributed by atoms with Crippen molar-refractivity contribution in [1.29, 1.82) is 0 Å². The zero-order chi connectivity index (χ0) is 41.2. The lowest BCUT2D eigenvalue weighted by Gasteiger charge is -2.38. The molecule has 0 aromatic heterocycles. The first-order valence-corrected chi connectivity index (χ1v) is 17.4. The fourth-order valence-electron chi connectivity index (χ4n) is 5.48. The maximum Gasteiger partial charge on any atom is 0.490 e. The molecule has 15 nitrogen and oxygen atoms in total. The molecule has 1 heterocycles. The van der Waals surface area contributed by atoms with Crippen molar-refractivity contribution < 1.29 is 52.2 Å². The van der Waals surface area contributed by atoms with Crippen LogP contribution in [0.5, 0.6) is 0 Å². The second kappa shape index (κ2) is 22.0. The lowest BCUT2D eigenvalue weighted by atomic mass is 9.88. The number of benzene rings is 2. The Kier molecular flexibility index (Phi) is 18.3. The van der Waals surface area contributed by atoms with E-state index in [1.54, 1.807) is 12.1 Å². The number of amides is 4. The van der Waals surface area contributed by atoms with Crippen molar-refractivity contribution in [3.63, 3.8) is 0 Å². The molecule has 0 aliphatic carbocycles. The second-order valence-electron chi connectivity index (χ2n) is 13.0. The Balaban J connectivity index is 0.00000136. The van der Waals surface area contributed by atoms with E-state index < -0.39 is 65.5 Å². The fourth-order valence-corrected chi connectivity index (χ4v) is 5.48. The molecule has 1 aliphatic heterocycles. The van der Waals surface area contributed by atoms with Gasteiger partial charge in [-0.25, -0.2) is 4.79 Å². The van der Waals surface area contributed by atoms with E-state index in [0.29, 0.717) is 19.4 Å². The third kappa shape index (κ3) is 15.4. The molecule has 55 heavy (non-hydrogen) atoms. The van der Waals surface area contributed by atoms with E-state index in [1.807, 2.05) is 48.5 Å². The number of nitrogens with one attached hydrogen (secondary N) is 3. The standard InChI is InChI=1S/C35H47N7O6.C2HF3O2/c1-2-11-27(31(44)40-28(16-9-10-19-36)33(46)42-20-17-35(38,18-21-42)34(47)48)39-32(45)29(23-25-14-7-4-8-15-25)41-30(43)26(37)22-24-12-5-3-6-13-24;3-2(4,5)1(6)7/h1,3-8,12-15,26-29H,9-11,16-23,36-38H2,(H,39,45)(H,40,44)(H,41,43)(H,47,48);(H,6,7)/t26-,27-,28-,29-;/m1./s1. The summed E-state index contributed by atoms with van der Waals surface area (Å²) in [5.74, 6) is -3.73. The Morgan fingerprint density at radius 2 is 1.27 bits per heavy atom. The number of piperidine rings is 1. The molecular weight excluding hydrogens is 727 g/mol. The number of alkyl halides is 3. The summed E-state index contributed by atoms with van der Waals surface area (Å²) in [6.07, 6.45) is 2.24.